The van der Waals surface area contributed by atoms with Crippen molar-refractivity contribution in [2.24, 2.45) is 17.3 Å². The molecule has 0 aliphatic heterocycles. The molecule has 4 atom stereocenters. The van der Waals surface area contributed by atoms with Crippen molar-refractivity contribution in [3.63, 3.8) is 0 Å². The standard InChI is InChI=1S/C15H26O4/c1-7-15(13(6)19,8-9(2)16)14(12(5)18)10(3)11(4)17/h10,13-14,19H,7-8H2,1-6H3. The van der Waals surface area contributed by atoms with Gasteiger partial charge in [-0.05, 0) is 34.1 Å². The molecule has 0 spiro atoms. The molecule has 4 unspecified atom stereocenters. The molecular formula is C15H26O4. The highest BCUT2D eigenvalue weighted by Crippen LogP contribution is 2.44. The molecular weight excluding hydrogens is 244 g/mol. The minimum atomic E-state index is -0.858. The van der Waals surface area contributed by atoms with Crippen molar-refractivity contribution in [1.29, 1.82) is 0 Å². The van der Waals surface area contributed by atoms with Gasteiger partial charge in [-0.25, -0.2) is 0 Å². The van der Waals surface area contributed by atoms with Crippen LogP contribution in [0, 0.1) is 17.3 Å². The first-order chi connectivity index (χ1) is 8.60. The van der Waals surface area contributed by atoms with E-state index in [1.165, 1.54) is 20.8 Å². The monoisotopic (exact) mass is 270 g/mol. The lowest BCUT2D eigenvalue weighted by Crippen LogP contribution is -2.48. The Bertz CT molecular complexity index is 359. The summed E-state index contributed by atoms with van der Waals surface area (Å²) >= 11 is 0. The summed E-state index contributed by atoms with van der Waals surface area (Å²) in [4.78, 5) is 35.2. The summed E-state index contributed by atoms with van der Waals surface area (Å²) in [5, 5.41) is 10.1. The molecule has 1 N–H and O–H groups in total. The Hall–Kier alpha value is -1.03. The van der Waals surface area contributed by atoms with E-state index in [1.54, 1.807) is 13.8 Å². The second-order valence-electron chi connectivity index (χ2n) is 5.63. The van der Waals surface area contributed by atoms with Gasteiger partial charge < -0.3 is 9.90 Å². The average molecular weight is 270 g/mol. The molecule has 0 rings (SSSR count). The highest BCUT2D eigenvalue weighted by molar-refractivity contribution is 5.88. The van der Waals surface area contributed by atoms with E-state index >= 15 is 0 Å². The van der Waals surface area contributed by atoms with E-state index in [0.29, 0.717) is 6.42 Å². The smallest absolute Gasteiger partial charge is 0.134 e. The number of rotatable bonds is 8. The number of hydrogen-bond acceptors (Lipinski definition) is 4. The number of ketones is 3. The lowest BCUT2D eigenvalue weighted by molar-refractivity contribution is -0.143. The molecule has 0 fully saturated rings. The maximum absolute atomic E-state index is 12.0. The topological polar surface area (TPSA) is 71.4 Å². The third-order valence-electron chi connectivity index (χ3n) is 4.27. The quantitative estimate of drug-likeness (QED) is 0.733. The molecule has 4 heteroatoms. The second-order valence-corrected chi connectivity index (χ2v) is 5.63. The predicted molar refractivity (Wildman–Crippen MR) is 73.7 cm³/mol. The van der Waals surface area contributed by atoms with Crippen LogP contribution in [0.4, 0.5) is 0 Å². The summed E-state index contributed by atoms with van der Waals surface area (Å²) in [6, 6.07) is 0. The lowest BCUT2D eigenvalue weighted by Gasteiger charge is -2.43. The Labute approximate surface area is 115 Å². The predicted octanol–water partition coefficient (Wildman–Crippen LogP) is 2.17. The van der Waals surface area contributed by atoms with Crippen LogP contribution in [0.25, 0.3) is 0 Å². The molecule has 0 saturated heterocycles. The van der Waals surface area contributed by atoms with E-state index in [-0.39, 0.29) is 23.8 Å². The van der Waals surface area contributed by atoms with Crippen molar-refractivity contribution >= 4 is 17.3 Å². The van der Waals surface area contributed by atoms with Gasteiger partial charge >= 0.3 is 0 Å². The zero-order valence-corrected chi connectivity index (χ0v) is 12.8. The Morgan fingerprint density at radius 1 is 1.05 bits per heavy atom. The van der Waals surface area contributed by atoms with Gasteiger partial charge in [0, 0.05) is 23.7 Å². The summed E-state index contributed by atoms with van der Waals surface area (Å²) in [5.74, 6) is -1.44. The first-order valence-corrected chi connectivity index (χ1v) is 6.78. The van der Waals surface area contributed by atoms with Crippen LogP contribution in [-0.4, -0.2) is 28.6 Å². The molecule has 0 aromatic heterocycles. The number of Topliss-reactive ketones (excluding diaryl/α,β-unsaturated/α-hetero) is 3. The third kappa shape index (κ3) is 3.96. The number of aliphatic hydroxyl groups excluding tert-OH is 1. The van der Waals surface area contributed by atoms with Gasteiger partial charge in [0.2, 0.25) is 0 Å². The summed E-state index contributed by atoms with van der Waals surface area (Å²) in [6.45, 7) is 9.45. The van der Waals surface area contributed by atoms with Crippen molar-refractivity contribution in [1.82, 2.24) is 0 Å². The molecule has 0 radical (unpaired) electrons. The van der Waals surface area contributed by atoms with E-state index in [2.05, 4.69) is 0 Å². The van der Waals surface area contributed by atoms with Gasteiger partial charge in [-0.1, -0.05) is 13.8 Å². The first-order valence-electron chi connectivity index (χ1n) is 6.78. The van der Waals surface area contributed by atoms with Gasteiger partial charge in [0.05, 0.1) is 6.10 Å². The summed E-state index contributed by atoms with van der Waals surface area (Å²) < 4.78 is 0. The van der Waals surface area contributed by atoms with Gasteiger partial charge in [-0.3, -0.25) is 9.59 Å². The van der Waals surface area contributed by atoms with E-state index < -0.39 is 23.4 Å². The van der Waals surface area contributed by atoms with Crippen molar-refractivity contribution < 1.29 is 19.5 Å². The highest BCUT2D eigenvalue weighted by Gasteiger charge is 2.48. The minimum absolute atomic E-state index is 0.0789. The third-order valence-corrected chi connectivity index (χ3v) is 4.27. The van der Waals surface area contributed by atoms with Crippen molar-refractivity contribution in [3.8, 4) is 0 Å². The number of carbonyl (C=O) groups excluding carboxylic acids is 3. The van der Waals surface area contributed by atoms with E-state index in [9.17, 15) is 19.5 Å². The van der Waals surface area contributed by atoms with Crippen LogP contribution in [0.5, 0.6) is 0 Å². The number of carbonyl (C=O) groups is 3. The van der Waals surface area contributed by atoms with E-state index in [1.807, 2.05) is 6.92 Å². The van der Waals surface area contributed by atoms with Crippen LogP contribution < -0.4 is 0 Å². The van der Waals surface area contributed by atoms with Gasteiger partial charge in [0.25, 0.3) is 0 Å². The summed E-state index contributed by atoms with van der Waals surface area (Å²) in [7, 11) is 0. The van der Waals surface area contributed by atoms with E-state index in [0.717, 1.165) is 0 Å². The molecule has 0 aromatic rings. The van der Waals surface area contributed by atoms with Crippen molar-refractivity contribution in [2.45, 2.75) is 60.5 Å². The lowest BCUT2D eigenvalue weighted by atomic mass is 9.61. The molecule has 110 valence electrons. The van der Waals surface area contributed by atoms with E-state index in [4.69, 9.17) is 0 Å². The maximum atomic E-state index is 12.0. The van der Waals surface area contributed by atoms with Crippen LogP contribution in [0.2, 0.25) is 0 Å². The van der Waals surface area contributed by atoms with Gasteiger partial charge in [0.15, 0.2) is 0 Å². The summed E-state index contributed by atoms with van der Waals surface area (Å²) in [5.41, 5.74) is -0.858. The first kappa shape index (κ1) is 18.0. The Morgan fingerprint density at radius 3 is 1.74 bits per heavy atom. The Balaban J connectivity index is 5.80. The molecule has 0 aliphatic carbocycles. The fourth-order valence-electron chi connectivity index (χ4n) is 3.11. The molecule has 0 amide bonds. The van der Waals surface area contributed by atoms with Crippen molar-refractivity contribution in [2.75, 3.05) is 0 Å². The Kier molecular flexibility index (Phi) is 6.57. The molecule has 0 saturated carbocycles. The van der Waals surface area contributed by atoms with Crippen LogP contribution in [-0.2, 0) is 14.4 Å². The SMILES string of the molecule is CCC(CC(C)=O)(C(C)O)C(C(C)=O)C(C)C(C)=O. The molecule has 0 bridgehead atoms. The molecule has 0 heterocycles. The second kappa shape index (κ2) is 6.94. The Morgan fingerprint density at radius 2 is 1.53 bits per heavy atom. The molecule has 19 heavy (non-hydrogen) atoms. The van der Waals surface area contributed by atoms with Crippen LogP contribution in [0.1, 0.15) is 54.4 Å². The van der Waals surface area contributed by atoms with Crippen LogP contribution >= 0.6 is 0 Å². The molecule has 0 aliphatic rings. The molecule has 0 aromatic carbocycles. The minimum Gasteiger partial charge on any atom is -0.393 e. The van der Waals surface area contributed by atoms with Crippen LogP contribution in [0.15, 0.2) is 0 Å². The highest BCUT2D eigenvalue weighted by atomic mass is 16.3. The zero-order chi connectivity index (χ0) is 15.4. The van der Waals surface area contributed by atoms with Gasteiger partial charge in [-0.2, -0.15) is 0 Å². The molecule has 4 nitrogen and oxygen atoms in total. The maximum Gasteiger partial charge on any atom is 0.134 e. The fraction of sp³-hybridized carbons (Fsp3) is 0.800. The van der Waals surface area contributed by atoms with Crippen molar-refractivity contribution in [3.05, 3.63) is 0 Å². The fourth-order valence-corrected chi connectivity index (χ4v) is 3.11. The average Bonchev–Trinajstić information content (AvgIpc) is 2.25. The number of aliphatic hydroxyl groups is 1. The van der Waals surface area contributed by atoms with Gasteiger partial charge in [0.1, 0.15) is 17.3 Å². The number of hydrogen-bond donors (Lipinski definition) is 1. The van der Waals surface area contributed by atoms with Gasteiger partial charge in [-0.15, -0.1) is 0 Å². The normalized spacial score (nSPS) is 19.1. The van der Waals surface area contributed by atoms with Crippen LogP contribution in [0.3, 0.4) is 0 Å². The largest absolute Gasteiger partial charge is 0.393 e. The summed E-state index contributed by atoms with van der Waals surface area (Å²) in [6.07, 6.45) is -0.230. The zero-order valence-electron chi connectivity index (χ0n) is 12.8.